The van der Waals surface area contributed by atoms with E-state index in [-0.39, 0.29) is 28.3 Å². The molecule has 150 valence electrons. The summed E-state index contributed by atoms with van der Waals surface area (Å²) in [5.74, 6) is -0.196. The van der Waals surface area contributed by atoms with E-state index >= 15 is 0 Å². The maximum atomic E-state index is 13.0. The molecule has 0 heterocycles. The van der Waals surface area contributed by atoms with Crippen LogP contribution < -0.4 is 10.1 Å². The fourth-order valence-corrected chi connectivity index (χ4v) is 2.98. The molecule has 0 aromatic heterocycles. The summed E-state index contributed by atoms with van der Waals surface area (Å²) in [6, 6.07) is 10.8. The van der Waals surface area contributed by atoms with Crippen molar-refractivity contribution < 1.29 is 32.2 Å². The average Bonchev–Trinajstić information content (AvgIpc) is 2.72. The Labute approximate surface area is 164 Å². The number of esters is 1. The molecule has 29 heavy (non-hydrogen) atoms. The Morgan fingerprint density at radius 2 is 1.79 bits per heavy atom. The van der Waals surface area contributed by atoms with Gasteiger partial charge in [0, 0.05) is 23.4 Å². The van der Waals surface area contributed by atoms with Gasteiger partial charge in [-0.3, -0.25) is 4.79 Å². The lowest BCUT2D eigenvalue weighted by atomic mass is 9.99. The standard InChI is InChI=1S/C21H16F3NO4/c1-25-16-10-13(21(22,23)24)6-8-18(16)29-17-9-7-15(20(27)28-2)19-12(11-26)4-3-5-14(17)19/h3-11,25H,1-2H3. The van der Waals surface area contributed by atoms with Gasteiger partial charge in [0.2, 0.25) is 0 Å². The highest BCUT2D eigenvalue weighted by Crippen LogP contribution is 2.39. The molecule has 0 saturated heterocycles. The number of hydrogen-bond donors (Lipinski definition) is 1. The average molecular weight is 403 g/mol. The molecular weight excluding hydrogens is 387 g/mol. The molecule has 0 amide bonds. The lowest BCUT2D eigenvalue weighted by Gasteiger charge is -2.16. The predicted molar refractivity (Wildman–Crippen MR) is 102 cm³/mol. The van der Waals surface area contributed by atoms with Crippen LogP contribution in [0.1, 0.15) is 26.3 Å². The maximum absolute atomic E-state index is 13.0. The fourth-order valence-electron chi connectivity index (χ4n) is 2.98. The molecule has 1 N–H and O–H groups in total. The van der Waals surface area contributed by atoms with Crippen LogP contribution in [0.4, 0.5) is 18.9 Å². The van der Waals surface area contributed by atoms with E-state index in [4.69, 9.17) is 9.47 Å². The molecular formula is C21H16F3NO4. The van der Waals surface area contributed by atoms with Gasteiger partial charge in [-0.15, -0.1) is 0 Å². The van der Waals surface area contributed by atoms with Gasteiger partial charge in [-0.1, -0.05) is 18.2 Å². The van der Waals surface area contributed by atoms with Crippen molar-refractivity contribution in [3.8, 4) is 11.5 Å². The van der Waals surface area contributed by atoms with Gasteiger partial charge < -0.3 is 14.8 Å². The van der Waals surface area contributed by atoms with Gasteiger partial charge in [0.25, 0.3) is 0 Å². The van der Waals surface area contributed by atoms with Crippen LogP contribution in [0.25, 0.3) is 10.8 Å². The van der Waals surface area contributed by atoms with E-state index in [0.29, 0.717) is 17.1 Å². The lowest BCUT2D eigenvalue weighted by Crippen LogP contribution is -2.06. The normalized spacial score (nSPS) is 11.2. The van der Waals surface area contributed by atoms with Crippen LogP contribution in [0, 0.1) is 0 Å². The Hall–Kier alpha value is -3.55. The first-order chi connectivity index (χ1) is 13.8. The molecule has 0 spiro atoms. The van der Waals surface area contributed by atoms with Gasteiger partial charge in [0.15, 0.2) is 12.0 Å². The number of hydrogen-bond acceptors (Lipinski definition) is 5. The fraction of sp³-hybridized carbons (Fsp3) is 0.143. The van der Waals surface area contributed by atoms with Crippen molar-refractivity contribution in [1.29, 1.82) is 0 Å². The number of carbonyl (C=O) groups excluding carboxylic acids is 2. The van der Waals surface area contributed by atoms with E-state index in [0.717, 1.165) is 12.1 Å². The van der Waals surface area contributed by atoms with Crippen molar-refractivity contribution in [2.45, 2.75) is 6.18 Å². The number of ether oxygens (including phenoxy) is 2. The number of methoxy groups -OCH3 is 1. The minimum atomic E-state index is -4.49. The molecule has 0 aliphatic heterocycles. The molecule has 0 radical (unpaired) electrons. The van der Waals surface area contributed by atoms with Crippen LogP contribution in [0.3, 0.4) is 0 Å². The molecule has 0 unspecified atom stereocenters. The third kappa shape index (κ3) is 3.87. The first-order valence-electron chi connectivity index (χ1n) is 8.46. The highest BCUT2D eigenvalue weighted by Gasteiger charge is 2.31. The van der Waals surface area contributed by atoms with E-state index in [9.17, 15) is 22.8 Å². The number of benzene rings is 3. The van der Waals surface area contributed by atoms with E-state index in [1.165, 1.54) is 32.4 Å². The van der Waals surface area contributed by atoms with E-state index in [2.05, 4.69) is 5.32 Å². The van der Waals surface area contributed by atoms with E-state index < -0.39 is 17.7 Å². The van der Waals surface area contributed by atoms with E-state index in [1.807, 2.05) is 0 Å². The third-order valence-electron chi connectivity index (χ3n) is 4.36. The largest absolute Gasteiger partial charge is 0.465 e. The second-order valence-electron chi connectivity index (χ2n) is 6.05. The van der Waals surface area contributed by atoms with Crippen molar-refractivity contribution >= 4 is 28.7 Å². The molecule has 3 rings (SSSR count). The monoisotopic (exact) mass is 403 g/mol. The van der Waals surface area contributed by atoms with E-state index in [1.54, 1.807) is 18.2 Å². The molecule has 0 aliphatic carbocycles. The lowest BCUT2D eigenvalue weighted by molar-refractivity contribution is -0.137. The van der Waals surface area contributed by atoms with Crippen LogP contribution >= 0.6 is 0 Å². The molecule has 0 atom stereocenters. The summed E-state index contributed by atoms with van der Waals surface area (Å²) in [4.78, 5) is 23.6. The zero-order valence-electron chi connectivity index (χ0n) is 15.5. The Balaban J connectivity index is 2.15. The number of carbonyl (C=O) groups is 2. The Morgan fingerprint density at radius 1 is 1.07 bits per heavy atom. The quantitative estimate of drug-likeness (QED) is 0.463. The van der Waals surface area contributed by atoms with Crippen LogP contribution in [0.15, 0.2) is 48.5 Å². The highest BCUT2D eigenvalue weighted by molar-refractivity contribution is 6.12. The van der Waals surface area contributed by atoms with Gasteiger partial charge in [0.1, 0.15) is 5.75 Å². The van der Waals surface area contributed by atoms with Gasteiger partial charge >= 0.3 is 12.1 Å². The molecule has 3 aromatic rings. The number of alkyl halides is 3. The molecule has 8 heteroatoms. The second-order valence-corrected chi connectivity index (χ2v) is 6.05. The highest BCUT2D eigenvalue weighted by atomic mass is 19.4. The molecule has 3 aromatic carbocycles. The number of nitrogens with one attached hydrogen (secondary N) is 1. The number of halogens is 3. The molecule has 0 bridgehead atoms. The summed E-state index contributed by atoms with van der Waals surface area (Å²) in [6.07, 6.45) is -3.88. The summed E-state index contributed by atoms with van der Waals surface area (Å²) in [5.41, 5.74) is -0.242. The molecule has 0 fully saturated rings. The summed E-state index contributed by atoms with van der Waals surface area (Å²) in [6.45, 7) is 0. The maximum Gasteiger partial charge on any atom is 0.416 e. The first-order valence-corrected chi connectivity index (χ1v) is 8.46. The van der Waals surface area contributed by atoms with Crippen LogP contribution in [0.5, 0.6) is 11.5 Å². The van der Waals surface area contributed by atoms with Crippen LogP contribution in [0.2, 0.25) is 0 Å². The Morgan fingerprint density at radius 3 is 2.41 bits per heavy atom. The summed E-state index contributed by atoms with van der Waals surface area (Å²) < 4.78 is 49.5. The number of anilines is 1. The van der Waals surface area contributed by atoms with Gasteiger partial charge in [-0.25, -0.2) is 4.79 Å². The van der Waals surface area contributed by atoms with Crippen molar-refractivity contribution in [3.05, 3.63) is 65.2 Å². The SMILES string of the molecule is CNc1cc(C(F)(F)F)ccc1Oc1ccc(C(=O)OC)c2c(C=O)cccc12. The molecule has 0 saturated carbocycles. The van der Waals surface area contributed by atoms with Crippen molar-refractivity contribution in [2.75, 3.05) is 19.5 Å². The molecule has 5 nitrogen and oxygen atoms in total. The van der Waals surface area contributed by atoms with Gasteiger partial charge in [0.05, 0.1) is 23.9 Å². The minimum absolute atomic E-state index is 0.136. The van der Waals surface area contributed by atoms with Crippen LogP contribution in [-0.4, -0.2) is 26.4 Å². The van der Waals surface area contributed by atoms with Crippen molar-refractivity contribution in [2.24, 2.45) is 0 Å². The summed E-state index contributed by atoms with van der Waals surface area (Å²) in [7, 11) is 2.70. The van der Waals surface area contributed by atoms with Crippen molar-refractivity contribution in [3.63, 3.8) is 0 Å². The zero-order chi connectivity index (χ0) is 21.2. The van der Waals surface area contributed by atoms with Crippen LogP contribution in [-0.2, 0) is 10.9 Å². The topological polar surface area (TPSA) is 64.6 Å². The zero-order valence-corrected chi connectivity index (χ0v) is 15.5. The summed E-state index contributed by atoms with van der Waals surface area (Å²) >= 11 is 0. The smallest absolute Gasteiger partial charge is 0.416 e. The minimum Gasteiger partial charge on any atom is -0.465 e. The Bertz CT molecular complexity index is 1090. The number of fused-ring (bicyclic) bond motifs is 1. The molecule has 0 aliphatic rings. The van der Waals surface area contributed by atoms with Gasteiger partial charge in [-0.2, -0.15) is 13.2 Å². The predicted octanol–water partition coefficient (Wildman–Crippen LogP) is 5.29. The number of rotatable bonds is 5. The Kier molecular flexibility index (Phi) is 5.45. The van der Waals surface area contributed by atoms with Crippen molar-refractivity contribution in [1.82, 2.24) is 0 Å². The first kappa shape index (κ1) is 20.2. The number of aldehydes is 1. The van der Waals surface area contributed by atoms with Gasteiger partial charge in [-0.05, 0) is 30.3 Å². The summed E-state index contributed by atoms with van der Waals surface area (Å²) in [5, 5.41) is 3.46. The third-order valence-corrected chi connectivity index (χ3v) is 4.36. The second kappa shape index (κ2) is 7.83.